The summed E-state index contributed by atoms with van der Waals surface area (Å²) in [7, 11) is 2.11. The first kappa shape index (κ1) is 11.0. The monoisotopic (exact) mass is 187 g/mol. The van der Waals surface area contributed by atoms with E-state index in [1.165, 1.54) is 0 Å². The van der Waals surface area contributed by atoms with Gasteiger partial charge in [-0.05, 0) is 33.2 Å². The van der Waals surface area contributed by atoms with Crippen molar-refractivity contribution in [2.75, 3.05) is 13.6 Å². The summed E-state index contributed by atoms with van der Waals surface area (Å²) in [4.78, 5) is 2.30. The van der Waals surface area contributed by atoms with Crippen molar-refractivity contribution in [3.8, 4) is 0 Å². The number of hydrogen-bond donors (Lipinski definition) is 0. The Morgan fingerprint density at radius 2 is 1.92 bits per heavy atom. The largest absolute Gasteiger partial charge is 0.303 e. The Morgan fingerprint density at radius 3 is 2.15 bits per heavy atom. The fourth-order valence-electron chi connectivity index (χ4n) is 2.31. The SMILES string of the molecule is CC(C)C1CC(C(C)(C)F)CN1C. The summed E-state index contributed by atoms with van der Waals surface area (Å²) in [5.41, 5.74) is -1.02. The van der Waals surface area contributed by atoms with Crippen LogP contribution >= 0.6 is 0 Å². The van der Waals surface area contributed by atoms with Crippen molar-refractivity contribution in [3.63, 3.8) is 0 Å². The van der Waals surface area contributed by atoms with Gasteiger partial charge in [0, 0.05) is 18.5 Å². The zero-order valence-electron chi connectivity index (χ0n) is 9.47. The lowest BCUT2D eigenvalue weighted by Gasteiger charge is -2.22. The van der Waals surface area contributed by atoms with Crippen molar-refractivity contribution >= 4 is 0 Å². The van der Waals surface area contributed by atoms with Crippen LogP contribution < -0.4 is 0 Å². The maximum absolute atomic E-state index is 13.7. The predicted octanol–water partition coefficient (Wildman–Crippen LogP) is 2.71. The molecule has 0 aromatic carbocycles. The van der Waals surface area contributed by atoms with Gasteiger partial charge in [-0.2, -0.15) is 0 Å². The van der Waals surface area contributed by atoms with E-state index in [4.69, 9.17) is 0 Å². The fraction of sp³-hybridized carbons (Fsp3) is 1.00. The normalized spacial score (nSPS) is 31.6. The molecule has 13 heavy (non-hydrogen) atoms. The molecule has 0 N–H and O–H groups in total. The van der Waals surface area contributed by atoms with Crippen LogP contribution in [0.1, 0.15) is 34.1 Å². The number of halogens is 1. The second-order valence-electron chi connectivity index (χ2n) is 5.25. The highest BCUT2D eigenvalue weighted by Gasteiger charge is 2.39. The molecule has 2 atom stereocenters. The third-order valence-electron chi connectivity index (χ3n) is 3.34. The van der Waals surface area contributed by atoms with Crippen molar-refractivity contribution in [1.29, 1.82) is 0 Å². The molecule has 2 heteroatoms. The van der Waals surface area contributed by atoms with Gasteiger partial charge in [-0.15, -0.1) is 0 Å². The Morgan fingerprint density at radius 1 is 1.38 bits per heavy atom. The lowest BCUT2D eigenvalue weighted by Crippen LogP contribution is -2.30. The quantitative estimate of drug-likeness (QED) is 0.642. The molecule has 0 amide bonds. The van der Waals surface area contributed by atoms with Crippen molar-refractivity contribution < 1.29 is 4.39 Å². The molecule has 0 radical (unpaired) electrons. The minimum atomic E-state index is -1.02. The van der Waals surface area contributed by atoms with Crippen LogP contribution in [0.4, 0.5) is 4.39 Å². The molecule has 0 saturated carbocycles. The zero-order valence-corrected chi connectivity index (χ0v) is 9.47. The standard InChI is InChI=1S/C11H22FN/c1-8(2)10-6-9(7-13(10)5)11(3,4)12/h8-10H,6-7H2,1-5H3. The molecular weight excluding hydrogens is 165 g/mol. The highest BCUT2D eigenvalue weighted by Crippen LogP contribution is 2.35. The summed E-state index contributed by atoms with van der Waals surface area (Å²) in [5.74, 6) is 0.849. The van der Waals surface area contributed by atoms with Crippen LogP contribution in [0.15, 0.2) is 0 Å². The minimum absolute atomic E-state index is 0.213. The van der Waals surface area contributed by atoms with Gasteiger partial charge in [0.1, 0.15) is 5.67 Å². The van der Waals surface area contributed by atoms with E-state index in [-0.39, 0.29) is 5.92 Å². The first-order valence-corrected chi connectivity index (χ1v) is 5.21. The van der Waals surface area contributed by atoms with Crippen molar-refractivity contribution in [2.45, 2.75) is 45.8 Å². The molecule has 1 nitrogen and oxygen atoms in total. The lowest BCUT2D eigenvalue weighted by molar-refractivity contribution is 0.129. The van der Waals surface area contributed by atoms with E-state index in [2.05, 4.69) is 25.8 Å². The summed E-state index contributed by atoms with van der Waals surface area (Å²) < 4.78 is 13.7. The van der Waals surface area contributed by atoms with E-state index in [0.717, 1.165) is 13.0 Å². The van der Waals surface area contributed by atoms with Gasteiger partial charge < -0.3 is 4.90 Å². The van der Waals surface area contributed by atoms with E-state index in [1.807, 2.05) is 0 Å². The van der Waals surface area contributed by atoms with E-state index < -0.39 is 5.67 Å². The van der Waals surface area contributed by atoms with Crippen LogP contribution in [0.2, 0.25) is 0 Å². The molecule has 1 rings (SSSR count). The number of likely N-dealkylation sites (tertiary alicyclic amines) is 1. The molecule has 0 aromatic heterocycles. The molecule has 1 heterocycles. The second kappa shape index (κ2) is 3.56. The highest BCUT2D eigenvalue weighted by molar-refractivity contribution is 4.92. The number of nitrogens with zero attached hydrogens (tertiary/aromatic N) is 1. The molecule has 0 bridgehead atoms. The molecule has 78 valence electrons. The minimum Gasteiger partial charge on any atom is -0.303 e. The van der Waals surface area contributed by atoms with E-state index in [1.54, 1.807) is 13.8 Å². The van der Waals surface area contributed by atoms with Gasteiger partial charge >= 0.3 is 0 Å². The number of rotatable bonds is 2. The molecule has 1 fully saturated rings. The molecule has 1 aliphatic rings. The Bertz CT molecular complexity index is 171. The van der Waals surface area contributed by atoms with Gasteiger partial charge in [-0.25, -0.2) is 4.39 Å². The van der Waals surface area contributed by atoms with Gasteiger partial charge in [0.25, 0.3) is 0 Å². The van der Waals surface area contributed by atoms with Crippen LogP contribution in [0.3, 0.4) is 0 Å². The first-order valence-electron chi connectivity index (χ1n) is 5.21. The van der Waals surface area contributed by atoms with Gasteiger partial charge in [0.05, 0.1) is 0 Å². The van der Waals surface area contributed by atoms with Crippen molar-refractivity contribution in [2.24, 2.45) is 11.8 Å². The summed E-state index contributed by atoms with van der Waals surface area (Å²) in [6.45, 7) is 8.75. The zero-order chi connectivity index (χ0) is 10.2. The molecular formula is C11H22FN. The highest BCUT2D eigenvalue weighted by atomic mass is 19.1. The predicted molar refractivity (Wildman–Crippen MR) is 54.6 cm³/mol. The van der Waals surface area contributed by atoms with Crippen LogP contribution in [0, 0.1) is 11.8 Å². The molecule has 2 unspecified atom stereocenters. The third-order valence-corrected chi connectivity index (χ3v) is 3.34. The topological polar surface area (TPSA) is 3.24 Å². The molecule has 1 aliphatic heterocycles. The van der Waals surface area contributed by atoms with E-state index in [9.17, 15) is 4.39 Å². The Kier molecular flexibility index (Phi) is 3.01. The molecule has 0 aliphatic carbocycles. The Balaban J connectivity index is 2.60. The van der Waals surface area contributed by atoms with Gasteiger partial charge in [0.15, 0.2) is 0 Å². The molecule has 1 saturated heterocycles. The van der Waals surface area contributed by atoms with Crippen molar-refractivity contribution in [1.82, 2.24) is 4.90 Å². The fourth-order valence-corrected chi connectivity index (χ4v) is 2.31. The maximum atomic E-state index is 13.7. The Labute approximate surface area is 81.3 Å². The van der Waals surface area contributed by atoms with E-state index in [0.29, 0.717) is 12.0 Å². The summed E-state index contributed by atoms with van der Waals surface area (Å²) in [5, 5.41) is 0. The van der Waals surface area contributed by atoms with E-state index >= 15 is 0 Å². The van der Waals surface area contributed by atoms with Gasteiger partial charge in [-0.3, -0.25) is 0 Å². The van der Waals surface area contributed by atoms with Crippen molar-refractivity contribution in [3.05, 3.63) is 0 Å². The summed E-state index contributed by atoms with van der Waals surface area (Å²) >= 11 is 0. The van der Waals surface area contributed by atoms with Gasteiger partial charge in [-0.1, -0.05) is 13.8 Å². The third kappa shape index (κ3) is 2.43. The molecule has 0 spiro atoms. The number of hydrogen-bond acceptors (Lipinski definition) is 1. The van der Waals surface area contributed by atoms with Crippen LogP contribution in [-0.4, -0.2) is 30.2 Å². The van der Waals surface area contributed by atoms with Crippen LogP contribution in [-0.2, 0) is 0 Å². The van der Waals surface area contributed by atoms with Crippen LogP contribution in [0.25, 0.3) is 0 Å². The average Bonchev–Trinajstić information content (AvgIpc) is 2.29. The summed E-state index contributed by atoms with van der Waals surface area (Å²) in [6, 6.07) is 0.569. The van der Waals surface area contributed by atoms with Gasteiger partial charge in [0.2, 0.25) is 0 Å². The Hall–Kier alpha value is -0.110. The second-order valence-corrected chi connectivity index (χ2v) is 5.25. The molecule has 0 aromatic rings. The average molecular weight is 187 g/mol. The van der Waals surface area contributed by atoms with Crippen LogP contribution in [0.5, 0.6) is 0 Å². The lowest BCUT2D eigenvalue weighted by atomic mass is 9.88. The maximum Gasteiger partial charge on any atom is 0.109 e. The first-order chi connectivity index (χ1) is 5.82. The smallest absolute Gasteiger partial charge is 0.109 e. The summed E-state index contributed by atoms with van der Waals surface area (Å²) in [6.07, 6.45) is 1.01. The number of alkyl halides is 1.